The third-order valence-corrected chi connectivity index (χ3v) is 4.88. The van der Waals surface area contributed by atoms with E-state index in [0.29, 0.717) is 6.54 Å². The van der Waals surface area contributed by atoms with Crippen LogP contribution in [0.15, 0.2) is 30.3 Å². The number of nitro groups is 1. The zero-order valence-electron chi connectivity index (χ0n) is 16.4. The second-order valence-electron chi connectivity index (χ2n) is 6.90. The van der Waals surface area contributed by atoms with Crippen LogP contribution in [0.25, 0.3) is 0 Å². The normalized spacial score (nSPS) is 12.2. The second kappa shape index (κ2) is 8.73. The van der Waals surface area contributed by atoms with Crippen LogP contribution in [-0.2, 0) is 0 Å². The molecule has 0 bridgehead atoms. The second-order valence-corrected chi connectivity index (χ2v) is 6.90. The van der Waals surface area contributed by atoms with Crippen molar-refractivity contribution >= 4 is 29.0 Å². The molecule has 1 aliphatic carbocycles. The van der Waals surface area contributed by atoms with E-state index in [-0.39, 0.29) is 28.1 Å². The van der Waals surface area contributed by atoms with Crippen LogP contribution >= 0.6 is 0 Å². The zero-order chi connectivity index (χ0) is 21.8. The van der Waals surface area contributed by atoms with Crippen LogP contribution in [0.1, 0.15) is 64.4 Å². The third-order valence-electron chi connectivity index (χ3n) is 4.88. The average Bonchev–Trinajstić information content (AvgIpc) is 2.72. The number of nitrogens with one attached hydrogen (secondary N) is 1. The first kappa shape index (κ1) is 21.0. The molecule has 1 aliphatic rings. The van der Waals surface area contributed by atoms with E-state index in [1.54, 1.807) is 12.1 Å². The Hall–Kier alpha value is -3.75. The summed E-state index contributed by atoms with van der Waals surface area (Å²) in [6, 6.07) is 6.91. The molecule has 0 unspecified atom stereocenters. The fourth-order valence-electron chi connectivity index (χ4n) is 3.38. The van der Waals surface area contributed by atoms with Gasteiger partial charge in [-0.25, -0.2) is 4.79 Å². The Morgan fingerprint density at radius 3 is 2.33 bits per heavy atom. The summed E-state index contributed by atoms with van der Waals surface area (Å²) in [4.78, 5) is 48.7. The van der Waals surface area contributed by atoms with Gasteiger partial charge in [0.25, 0.3) is 5.69 Å². The van der Waals surface area contributed by atoms with Crippen molar-refractivity contribution in [3.8, 4) is 5.75 Å². The van der Waals surface area contributed by atoms with E-state index >= 15 is 0 Å². The van der Waals surface area contributed by atoms with Gasteiger partial charge in [-0.3, -0.25) is 19.7 Å². The molecule has 30 heavy (non-hydrogen) atoms. The van der Waals surface area contributed by atoms with Crippen molar-refractivity contribution in [2.75, 3.05) is 12.3 Å². The SMILES string of the molecule is CCCCCCNC(=O)Oc1cc([N+](=O)[O-])c2c(c1N)C(=O)c1ccccc1C2=O. The van der Waals surface area contributed by atoms with Gasteiger partial charge in [-0.15, -0.1) is 0 Å². The molecular weight excluding hydrogens is 390 g/mol. The summed E-state index contributed by atoms with van der Waals surface area (Å²) < 4.78 is 5.14. The lowest BCUT2D eigenvalue weighted by Gasteiger charge is -2.20. The molecule has 1 amide bonds. The molecule has 0 fully saturated rings. The molecule has 0 radical (unpaired) electrons. The first-order valence-corrected chi connectivity index (χ1v) is 9.61. The van der Waals surface area contributed by atoms with Crippen LogP contribution in [-0.4, -0.2) is 29.1 Å². The van der Waals surface area contributed by atoms with Crippen molar-refractivity contribution < 1.29 is 24.0 Å². The van der Waals surface area contributed by atoms with Gasteiger partial charge in [0.1, 0.15) is 5.56 Å². The van der Waals surface area contributed by atoms with Crippen molar-refractivity contribution in [3.63, 3.8) is 0 Å². The third kappa shape index (κ3) is 3.86. The van der Waals surface area contributed by atoms with Crippen LogP contribution < -0.4 is 15.8 Å². The van der Waals surface area contributed by atoms with Crippen LogP contribution in [0.5, 0.6) is 5.75 Å². The van der Waals surface area contributed by atoms with E-state index in [9.17, 15) is 24.5 Å². The number of nitro benzene ring substituents is 1. The van der Waals surface area contributed by atoms with E-state index in [2.05, 4.69) is 12.2 Å². The highest BCUT2D eigenvalue weighted by atomic mass is 16.6. The summed E-state index contributed by atoms with van der Waals surface area (Å²) >= 11 is 0. The number of rotatable bonds is 7. The number of anilines is 1. The Labute approximate surface area is 172 Å². The summed E-state index contributed by atoms with van der Waals surface area (Å²) in [7, 11) is 0. The lowest BCUT2D eigenvalue weighted by atomic mass is 9.82. The molecule has 9 nitrogen and oxygen atoms in total. The molecule has 2 aromatic rings. The van der Waals surface area contributed by atoms with E-state index in [0.717, 1.165) is 31.7 Å². The number of benzene rings is 2. The van der Waals surface area contributed by atoms with Gasteiger partial charge in [0.05, 0.1) is 22.2 Å². The number of carbonyl (C=O) groups is 3. The van der Waals surface area contributed by atoms with Gasteiger partial charge < -0.3 is 15.8 Å². The number of carbonyl (C=O) groups excluding carboxylic acids is 3. The molecule has 2 aromatic carbocycles. The fourth-order valence-corrected chi connectivity index (χ4v) is 3.38. The number of ketones is 2. The molecule has 0 saturated heterocycles. The van der Waals surface area contributed by atoms with Gasteiger partial charge in [-0.1, -0.05) is 50.5 Å². The number of ether oxygens (including phenoxy) is 1. The molecule has 156 valence electrons. The lowest BCUT2D eigenvalue weighted by molar-refractivity contribution is -0.385. The van der Waals surface area contributed by atoms with Gasteiger partial charge in [-0.2, -0.15) is 0 Å². The van der Waals surface area contributed by atoms with E-state index in [4.69, 9.17) is 10.5 Å². The summed E-state index contributed by atoms with van der Waals surface area (Å²) in [5.41, 5.74) is 4.54. The number of nitrogens with zero attached hydrogens (tertiary/aromatic N) is 1. The molecule has 3 N–H and O–H groups in total. The quantitative estimate of drug-likeness (QED) is 0.262. The number of nitrogen functional groups attached to an aromatic ring is 1. The number of nitrogens with two attached hydrogens (primary N) is 1. The Morgan fingerprint density at radius 2 is 1.73 bits per heavy atom. The van der Waals surface area contributed by atoms with Crippen LogP contribution in [0.2, 0.25) is 0 Å². The molecule has 0 saturated carbocycles. The first-order chi connectivity index (χ1) is 14.4. The average molecular weight is 411 g/mol. The molecular formula is C21H21N3O6. The Kier molecular flexibility index (Phi) is 6.10. The summed E-state index contributed by atoms with van der Waals surface area (Å²) in [6.45, 7) is 2.44. The summed E-state index contributed by atoms with van der Waals surface area (Å²) in [5, 5.41) is 14.1. The van der Waals surface area contributed by atoms with Crippen molar-refractivity contribution in [2.45, 2.75) is 32.6 Å². The summed E-state index contributed by atoms with van der Waals surface area (Å²) in [5.74, 6) is -1.65. The van der Waals surface area contributed by atoms with Crippen LogP contribution in [0, 0.1) is 10.1 Å². The number of amides is 1. The number of hydrogen-bond acceptors (Lipinski definition) is 7. The minimum atomic E-state index is -0.845. The standard InChI is InChI=1S/C21H21N3O6/c1-2-3-4-7-10-23-21(27)30-15-11-14(24(28)29)16-17(18(15)22)20(26)13-9-6-5-8-12(13)19(16)25/h5-6,8-9,11H,2-4,7,10,22H2,1H3,(H,23,27). The number of hydrogen-bond donors (Lipinski definition) is 2. The fraction of sp³-hybridized carbons (Fsp3) is 0.286. The van der Waals surface area contributed by atoms with Crippen molar-refractivity contribution in [2.24, 2.45) is 0 Å². The van der Waals surface area contributed by atoms with Crippen molar-refractivity contribution in [3.05, 3.63) is 62.7 Å². The maximum absolute atomic E-state index is 12.9. The van der Waals surface area contributed by atoms with Gasteiger partial charge in [0, 0.05) is 17.7 Å². The lowest BCUT2D eigenvalue weighted by Crippen LogP contribution is -2.29. The van der Waals surface area contributed by atoms with Crippen LogP contribution in [0.4, 0.5) is 16.2 Å². The Morgan fingerprint density at radius 1 is 1.10 bits per heavy atom. The highest BCUT2D eigenvalue weighted by molar-refractivity contribution is 6.31. The topological polar surface area (TPSA) is 142 Å². The molecule has 0 spiro atoms. The zero-order valence-corrected chi connectivity index (χ0v) is 16.4. The Balaban J connectivity index is 1.95. The predicted octanol–water partition coefficient (Wildman–Crippen LogP) is 3.62. The Bertz CT molecular complexity index is 1050. The maximum atomic E-state index is 12.9. The molecule has 0 aliphatic heterocycles. The van der Waals surface area contributed by atoms with Crippen molar-refractivity contribution in [1.29, 1.82) is 0 Å². The molecule has 0 aromatic heterocycles. The maximum Gasteiger partial charge on any atom is 0.412 e. The number of unbranched alkanes of at least 4 members (excludes halogenated alkanes) is 3. The monoisotopic (exact) mass is 411 g/mol. The van der Waals surface area contributed by atoms with Gasteiger partial charge in [-0.05, 0) is 6.42 Å². The smallest absolute Gasteiger partial charge is 0.408 e. The molecule has 3 rings (SSSR count). The summed E-state index contributed by atoms with van der Waals surface area (Å²) in [6.07, 6.45) is 2.95. The highest BCUT2D eigenvalue weighted by Gasteiger charge is 2.39. The van der Waals surface area contributed by atoms with E-state index in [1.807, 2.05) is 0 Å². The van der Waals surface area contributed by atoms with Crippen molar-refractivity contribution in [1.82, 2.24) is 5.32 Å². The van der Waals surface area contributed by atoms with Crippen LogP contribution in [0.3, 0.4) is 0 Å². The minimum absolute atomic E-state index is 0.0657. The number of fused-ring (bicyclic) bond motifs is 2. The minimum Gasteiger partial charge on any atom is -0.408 e. The predicted molar refractivity (Wildman–Crippen MR) is 109 cm³/mol. The molecule has 0 atom stereocenters. The first-order valence-electron chi connectivity index (χ1n) is 9.61. The molecule has 9 heteroatoms. The molecule has 0 heterocycles. The van der Waals surface area contributed by atoms with Gasteiger partial charge >= 0.3 is 6.09 Å². The van der Waals surface area contributed by atoms with E-state index in [1.165, 1.54) is 12.1 Å². The van der Waals surface area contributed by atoms with Gasteiger partial charge in [0.15, 0.2) is 11.5 Å². The van der Waals surface area contributed by atoms with Gasteiger partial charge in [0.2, 0.25) is 5.78 Å². The highest BCUT2D eigenvalue weighted by Crippen LogP contribution is 2.41. The largest absolute Gasteiger partial charge is 0.412 e. The van der Waals surface area contributed by atoms with E-state index < -0.39 is 33.8 Å².